The van der Waals surface area contributed by atoms with E-state index in [-0.39, 0.29) is 17.7 Å². The van der Waals surface area contributed by atoms with Gasteiger partial charge in [0.15, 0.2) is 0 Å². The van der Waals surface area contributed by atoms with Crippen molar-refractivity contribution < 1.29 is 14.7 Å². The Morgan fingerprint density at radius 3 is 2.67 bits per heavy atom. The number of aliphatic hydroxyl groups excluding tert-OH is 1. The van der Waals surface area contributed by atoms with Crippen LogP contribution in [0.4, 0.5) is 0 Å². The van der Waals surface area contributed by atoms with Crippen molar-refractivity contribution in [2.24, 2.45) is 5.92 Å². The molecule has 1 aromatic carbocycles. The number of hydrogen-bond donors (Lipinski definition) is 1. The molecule has 2 fully saturated rings. The van der Waals surface area contributed by atoms with Gasteiger partial charge in [0.05, 0.1) is 6.10 Å². The summed E-state index contributed by atoms with van der Waals surface area (Å²) >= 11 is 0. The van der Waals surface area contributed by atoms with Gasteiger partial charge in [-0.25, -0.2) is 0 Å². The van der Waals surface area contributed by atoms with E-state index in [9.17, 15) is 14.7 Å². The zero-order valence-electron chi connectivity index (χ0n) is 14.1. The van der Waals surface area contributed by atoms with E-state index in [2.05, 4.69) is 12.1 Å². The highest BCUT2D eigenvalue weighted by atomic mass is 16.3. The molecule has 0 aromatic heterocycles. The van der Waals surface area contributed by atoms with Gasteiger partial charge in [0.2, 0.25) is 11.8 Å². The van der Waals surface area contributed by atoms with Gasteiger partial charge in [0, 0.05) is 39.0 Å². The maximum atomic E-state index is 12.3. The summed E-state index contributed by atoms with van der Waals surface area (Å²) in [5, 5.41) is 10.4. The van der Waals surface area contributed by atoms with E-state index in [1.54, 1.807) is 9.80 Å². The summed E-state index contributed by atoms with van der Waals surface area (Å²) in [7, 11) is 0. The number of aliphatic hydroxyl groups is 1. The first kappa shape index (κ1) is 17.0. The van der Waals surface area contributed by atoms with E-state index in [0.717, 1.165) is 25.8 Å². The average molecular weight is 330 g/mol. The summed E-state index contributed by atoms with van der Waals surface area (Å²) in [5.41, 5.74) is 1.23. The van der Waals surface area contributed by atoms with Crippen LogP contribution >= 0.6 is 0 Å². The fourth-order valence-corrected chi connectivity index (χ4v) is 3.69. The number of piperidine rings is 1. The van der Waals surface area contributed by atoms with Crippen LogP contribution < -0.4 is 0 Å². The number of amides is 2. The molecule has 2 heterocycles. The largest absolute Gasteiger partial charge is 0.391 e. The molecule has 5 heteroatoms. The maximum absolute atomic E-state index is 12.3. The fourth-order valence-electron chi connectivity index (χ4n) is 3.69. The number of carbonyl (C=O) groups is 2. The van der Waals surface area contributed by atoms with Crippen molar-refractivity contribution in [1.29, 1.82) is 0 Å². The summed E-state index contributed by atoms with van der Waals surface area (Å²) in [6, 6.07) is 10.2. The molecule has 1 aromatic rings. The lowest BCUT2D eigenvalue weighted by molar-refractivity contribution is -0.136. The molecular weight excluding hydrogens is 304 g/mol. The first-order valence-electron chi connectivity index (χ1n) is 8.91. The predicted octanol–water partition coefficient (Wildman–Crippen LogP) is 1.45. The average Bonchev–Trinajstić information content (AvgIpc) is 3.00. The monoisotopic (exact) mass is 330 g/mol. The van der Waals surface area contributed by atoms with Crippen LogP contribution in [0.15, 0.2) is 30.3 Å². The number of hydrogen-bond acceptors (Lipinski definition) is 3. The van der Waals surface area contributed by atoms with Crippen molar-refractivity contribution in [2.45, 2.75) is 38.2 Å². The first-order chi connectivity index (χ1) is 11.6. The summed E-state index contributed by atoms with van der Waals surface area (Å²) in [6.07, 6.45) is 3.07. The Hall–Kier alpha value is -1.88. The zero-order valence-corrected chi connectivity index (χ0v) is 14.1. The number of benzene rings is 1. The Morgan fingerprint density at radius 2 is 2.00 bits per heavy atom. The Bertz CT molecular complexity index is 575. The van der Waals surface area contributed by atoms with E-state index < -0.39 is 6.10 Å². The van der Waals surface area contributed by atoms with Crippen molar-refractivity contribution in [3.8, 4) is 0 Å². The third kappa shape index (κ3) is 4.15. The lowest BCUT2D eigenvalue weighted by Gasteiger charge is -2.36. The van der Waals surface area contributed by atoms with Gasteiger partial charge in [-0.3, -0.25) is 9.59 Å². The Kier molecular flexibility index (Phi) is 5.51. The Labute approximate surface area is 143 Å². The SMILES string of the molecule is O=C1CCCN1CCC(=O)N1CC[C@H](Cc2ccccc2)[C@H](O)C1. The van der Waals surface area contributed by atoms with E-state index in [4.69, 9.17) is 0 Å². The van der Waals surface area contributed by atoms with Crippen LogP contribution in [0.25, 0.3) is 0 Å². The third-order valence-electron chi connectivity index (χ3n) is 5.18. The molecule has 2 saturated heterocycles. The molecule has 0 aliphatic carbocycles. The van der Waals surface area contributed by atoms with Gasteiger partial charge in [-0.05, 0) is 30.7 Å². The van der Waals surface area contributed by atoms with Gasteiger partial charge in [0.1, 0.15) is 0 Å². The molecule has 0 saturated carbocycles. The third-order valence-corrected chi connectivity index (χ3v) is 5.18. The molecule has 3 rings (SSSR count). The van der Waals surface area contributed by atoms with Gasteiger partial charge < -0.3 is 14.9 Å². The second-order valence-corrected chi connectivity index (χ2v) is 6.88. The van der Waals surface area contributed by atoms with Crippen LogP contribution in [0.2, 0.25) is 0 Å². The molecule has 24 heavy (non-hydrogen) atoms. The van der Waals surface area contributed by atoms with Crippen LogP contribution in [0.1, 0.15) is 31.2 Å². The minimum Gasteiger partial charge on any atom is -0.391 e. The minimum atomic E-state index is -0.476. The van der Waals surface area contributed by atoms with Gasteiger partial charge in [0.25, 0.3) is 0 Å². The van der Waals surface area contributed by atoms with Gasteiger partial charge in [-0.2, -0.15) is 0 Å². The van der Waals surface area contributed by atoms with Crippen LogP contribution in [0, 0.1) is 5.92 Å². The molecule has 130 valence electrons. The molecule has 2 aliphatic heterocycles. The lowest BCUT2D eigenvalue weighted by atomic mass is 9.88. The number of carbonyl (C=O) groups excluding carboxylic acids is 2. The highest BCUT2D eigenvalue weighted by Crippen LogP contribution is 2.23. The molecular formula is C19H26N2O3. The normalized spacial score (nSPS) is 24.5. The maximum Gasteiger partial charge on any atom is 0.224 e. The van der Waals surface area contributed by atoms with Gasteiger partial charge in [-0.15, -0.1) is 0 Å². The molecule has 2 atom stereocenters. The highest BCUT2D eigenvalue weighted by Gasteiger charge is 2.30. The predicted molar refractivity (Wildman–Crippen MR) is 91.3 cm³/mol. The van der Waals surface area contributed by atoms with Crippen LogP contribution in [0.3, 0.4) is 0 Å². The smallest absolute Gasteiger partial charge is 0.224 e. The minimum absolute atomic E-state index is 0.0481. The molecule has 0 radical (unpaired) electrons. The summed E-state index contributed by atoms with van der Waals surface area (Å²) in [4.78, 5) is 27.5. The van der Waals surface area contributed by atoms with Gasteiger partial charge >= 0.3 is 0 Å². The molecule has 2 aliphatic rings. The summed E-state index contributed by atoms with van der Waals surface area (Å²) < 4.78 is 0. The molecule has 1 N–H and O–H groups in total. The van der Waals surface area contributed by atoms with Crippen LogP contribution in [0.5, 0.6) is 0 Å². The second-order valence-electron chi connectivity index (χ2n) is 6.88. The molecule has 0 unspecified atom stereocenters. The number of rotatable bonds is 5. The highest BCUT2D eigenvalue weighted by molar-refractivity contribution is 5.80. The molecule has 2 amide bonds. The molecule has 0 bridgehead atoms. The summed E-state index contributed by atoms with van der Waals surface area (Å²) in [5.74, 6) is 0.410. The second kappa shape index (κ2) is 7.79. The Morgan fingerprint density at radius 1 is 1.21 bits per heavy atom. The topological polar surface area (TPSA) is 60.9 Å². The van der Waals surface area contributed by atoms with E-state index in [0.29, 0.717) is 32.5 Å². The van der Waals surface area contributed by atoms with Crippen LogP contribution in [-0.4, -0.2) is 59.0 Å². The summed E-state index contributed by atoms with van der Waals surface area (Å²) in [6.45, 7) is 2.39. The van der Waals surface area contributed by atoms with Crippen molar-refractivity contribution in [2.75, 3.05) is 26.2 Å². The van der Waals surface area contributed by atoms with E-state index in [1.165, 1.54) is 5.56 Å². The van der Waals surface area contributed by atoms with Crippen LogP contribution in [-0.2, 0) is 16.0 Å². The quantitative estimate of drug-likeness (QED) is 0.889. The van der Waals surface area contributed by atoms with Crippen molar-refractivity contribution >= 4 is 11.8 Å². The van der Waals surface area contributed by atoms with Gasteiger partial charge in [-0.1, -0.05) is 30.3 Å². The molecule has 5 nitrogen and oxygen atoms in total. The zero-order chi connectivity index (χ0) is 16.9. The number of β-amino-alcohol motifs (C(OH)–C–C–N with tert-alkyl or cyclic N) is 1. The van der Waals surface area contributed by atoms with Crippen molar-refractivity contribution in [1.82, 2.24) is 9.80 Å². The fraction of sp³-hybridized carbons (Fsp3) is 0.579. The molecule has 0 spiro atoms. The van der Waals surface area contributed by atoms with E-state index in [1.807, 2.05) is 18.2 Å². The standard InChI is InChI=1S/C19H26N2O3/c22-17-14-21(19(24)9-12-20-10-4-7-18(20)23)11-8-16(17)13-15-5-2-1-3-6-15/h1-3,5-6,16-17,22H,4,7-14H2/t16-,17-/m1/s1. The number of likely N-dealkylation sites (tertiary alicyclic amines) is 2. The van der Waals surface area contributed by atoms with Crippen molar-refractivity contribution in [3.63, 3.8) is 0 Å². The number of nitrogens with zero attached hydrogens (tertiary/aromatic N) is 2. The van der Waals surface area contributed by atoms with Crippen molar-refractivity contribution in [3.05, 3.63) is 35.9 Å². The van der Waals surface area contributed by atoms with E-state index >= 15 is 0 Å². The Balaban J connectivity index is 1.46. The lowest BCUT2D eigenvalue weighted by Crippen LogP contribution is -2.47. The first-order valence-corrected chi connectivity index (χ1v) is 8.91.